The molecule has 1 atom stereocenters. The third-order valence-corrected chi connectivity index (χ3v) is 12.7. The van der Waals surface area contributed by atoms with Crippen LogP contribution in [0.5, 0.6) is 5.75 Å². The molecule has 0 heterocycles. The first-order valence-corrected chi connectivity index (χ1v) is 12.0. The van der Waals surface area contributed by atoms with E-state index in [-0.39, 0.29) is 7.14 Å². The van der Waals surface area contributed by atoms with Crippen molar-refractivity contribution in [2.75, 3.05) is 0 Å². The molecule has 15 heteroatoms. The van der Waals surface area contributed by atoms with Gasteiger partial charge in [-0.1, -0.05) is 0 Å². The van der Waals surface area contributed by atoms with Crippen molar-refractivity contribution >= 4 is 123 Å². The quantitative estimate of drug-likeness (QED) is 0.143. The fourth-order valence-electron chi connectivity index (χ4n) is 1.27. The van der Waals surface area contributed by atoms with Gasteiger partial charge in [0.25, 0.3) is 6.10 Å². The number of benzene rings is 1. The number of rotatable bonds is 4. The lowest BCUT2D eigenvalue weighted by atomic mass is 10.3. The van der Waals surface area contributed by atoms with Crippen LogP contribution >= 0.6 is 113 Å². The summed E-state index contributed by atoms with van der Waals surface area (Å²) in [6.07, 6.45) is -9.81. The van der Waals surface area contributed by atoms with Gasteiger partial charge >= 0.3 is 21.5 Å². The molecular formula is C9H2F5I5O4S. The molecule has 0 bridgehead atoms. The van der Waals surface area contributed by atoms with Crippen molar-refractivity contribution in [3.8, 4) is 5.75 Å². The maximum atomic E-state index is 13.6. The average molecular weight is 936 g/mol. The Morgan fingerprint density at radius 2 is 1.17 bits per heavy atom. The topological polar surface area (TPSA) is 63.6 Å². The molecule has 0 aromatic heterocycles. The van der Waals surface area contributed by atoms with Gasteiger partial charge in [-0.25, -0.2) is 0 Å². The van der Waals surface area contributed by atoms with Gasteiger partial charge < -0.3 is 4.74 Å². The van der Waals surface area contributed by atoms with Gasteiger partial charge in [0.15, 0.2) is 0 Å². The second kappa shape index (κ2) is 8.31. The fraction of sp³-hybridized carbons (Fsp3) is 0.333. The molecule has 0 aliphatic rings. The molecule has 24 heavy (non-hydrogen) atoms. The van der Waals surface area contributed by atoms with Crippen molar-refractivity contribution in [2.45, 2.75) is 17.5 Å². The molecule has 1 aromatic carbocycles. The Bertz CT molecular complexity index is 738. The minimum Gasteiger partial charge on any atom is -0.471 e. The molecule has 1 aromatic rings. The van der Waals surface area contributed by atoms with E-state index in [0.29, 0.717) is 10.7 Å². The number of hydrogen-bond donors (Lipinski definition) is 1. The maximum Gasteiger partial charge on any atom is 0.432 e. The Labute approximate surface area is 200 Å². The summed E-state index contributed by atoms with van der Waals surface area (Å²) >= 11 is 8.76. The van der Waals surface area contributed by atoms with E-state index in [1.807, 2.05) is 22.6 Å². The number of halogens is 10. The molecule has 0 amide bonds. The highest BCUT2D eigenvalue weighted by molar-refractivity contribution is 14.1. The summed E-state index contributed by atoms with van der Waals surface area (Å²) in [6, 6.07) is 0. The predicted octanol–water partition coefficient (Wildman–Crippen LogP) is 5.50. The molecule has 1 N–H and O–H groups in total. The van der Waals surface area contributed by atoms with Gasteiger partial charge in [0.1, 0.15) is 5.75 Å². The second-order valence-corrected chi connectivity index (χ2v) is 10.9. The predicted molar refractivity (Wildman–Crippen MR) is 117 cm³/mol. The van der Waals surface area contributed by atoms with Crippen LogP contribution < -0.4 is 4.74 Å². The van der Waals surface area contributed by atoms with Crippen molar-refractivity contribution in [1.82, 2.24) is 0 Å². The Morgan fingerprint density at radius 3 is 1.46 bits per heavy atom. The van der Waals surface area contributed by atoms with Gasteiger partial charge in [-0.15, -0.1) is 0 Å². The summed E-state index contributed by atoms with van der Waals surface area (Å²) in [6.45, 7) is 0. The van der Waals surface area contributed by atoms with Crippen molar-refractivity contribution < 1.29 is 39.7 Å². The largest absolute Gasteiger partial charge is 0.471 e. The summed E-state index contributed by atoms with van der Waals surface area (Å²) in [7, 11) is -6.35. The van der Waals surface area contributed by atoms with Gasteiger partial charge in [0.05, 0.1) is 7.14 Å². The lowest BCUT2D eigenvalue weighted by molar-refractivity contribution is -0.239. The number of alkyl halides is 5. The van der Waals surface area contributed by atoms with E-state index in [2.05, 4.69) is 4.74 Å². The zero-order valence-corrected chi connectivity index (χ0v) is 22.0. The van der Waals surface area contributed by atoms with Crippen LogP contribution in [0.25, 0.3) is 0 Å². The van der Waals surface area contributed by atoms with Gasteiger partial charge in [-0.3, -0.25) is 4.55 Å². The van der Waals surface area contributed by atoms with Crippen LogP contribution in [0.1, 0.15) is 0 Å². The first-order valence-electron chi connectivity index (χ1n) is 5.13. The average Bonchev–Trinajstić information content (AvgIpc) is 2.40. The molecule has 0 aliphatic heterocycles. The monoisotopic (exact) mass is 935 g/mol. The van der Waals surface area contributed by atoms with E-state index in [4.69, 9.17) is 4.55 Å². The molecule has 1 unspecified atom stereocenters. The molecule has 0 radical (unpaired) electrons. The van der Waals surface area contributed by atoms with Crippen molar-refractivity contribution in [2.24, 2.45) is 0 Å². The minimum absolute atomic E-state index is 0.114. The van der Waals surface area contributed by atoms with E-state index in [0.717, 1.165) is 0 Å². The van der Waals surface area contributed by atoms with Crippen LogP contribution in [-0.2, 0) is 10.1 Å². The number of ether oxygens (including phenoxy) is 1. The van der Waals surface area contributed by atoms with E-state index < -0.39 is 33.4 Å². The van der Waals surface area contributed by atoms with Crippen LogP contribution in [0.3, 0.4) is 0 Å². The van der Waals surface area contributed by atoms with Crippen LogP contribution in [0.4, 0.5) is 22.0 Å². The lowest BCUT2D eigenvalue weighted by Gasteiger charge is -2.28. The first-order chi connectivity index (χ1) is 10.5. The van der Waals surface area contributed by atoms with E-state index in [9.17, 15) is 30.4 Å². The molecule has 0 saturated carbocycles. The third kappa shape index (κ3) is 4.98. The van der Waals surface area contributed by atoms with Crippen LogP contribution in [0, 0.1) is 17.9 Å². The lowest BCUT2D eigenvalue weighted by Crippen LogP contribution is -2.53. The standard InChI is InChI=1S/C9H2F5I5O4S/c10-8(11,12)7(9(13,14)24(20,21)22)23-6-4(18)2(16)1(15)3(17)5(6)19/h7H,(H,20,21,22). The molecule has 0 saturated heterocycles. The highest BCUT2D eigenvalue weighted by Gasteiger charge is 2.65. The van der Waals surface area contributed by atoms with Crippen LogP contribution in [-0.4, -0.2) is 30.5 Å². The summed E-state index contributed by atoms with van der Waals surface area (Å²) in [5.41, 5.74) is 0. The summed E-state index contributed by atoms with van der Waals surface area (Å²) in [5, 5.41) is -5.57. The summed E-state index contributed by atoms with van der Waals surface area (Å²) in [4.78, 5) is 0. The molecule has 0 fully saturated rings. The van der Waals surface area contributed by atoms with E-state index >= 15 is 0 Å². The minimum atomic E-state index is -6.35. The molecule has 1 rings (SSSR count). The molecule has 4 nitrogen and oxygen atoms in total. The van der Waals surface area contributed by atoms with Gasteiger partial charge in [-0.2, -0.15) is 30.4 Å². The van der Waals surface area contributed by atoms with Crippen molar-refractivity contribution in [3.63, 3.8) is 0 Å². The highest BCUT2D eigenvalue weighted by atomic mass is 127. The van der Waals surface area contributed by atoms with Crippen molar-refractivity contribution in [1.29, 1.82) is 0 Å². The molecule has 138 valence electrons. The van der Waals surface area contributed by atoms with Gasteiger partial charge in [-0.05, 0) is 113 Å². The van der Waals surface area contributed by atoms with Gasteiger partial charge in [0.2, 0.25) is 0 Å². The van der Waals surface area contributed by atoms with Crippen LogP contribution in [0.15, 0.2) is 0 Å². The SMILES string of the molecule is O=S(=O)(O)C(F)(F)C(Oc1c(I)c(I)c(I)c(I)c1I)C(F)(F)F. The molecular weight excluding hydrogens is 934 g/mol. The molecule has 0 spiro atoms. The van der Waals surface area contributed by atoms with E-state index in [1.165, 1.54) is 0 Å². The molecule has 0 aliphatic carbocycles. The smallest absolute Gasteiger partial charge is 0.432 e. The Morgan fingerprint density at radius 1 is 0.833 bits per heavy atom. The van der Waals surface area contributed by atoms with Crippen molar-refractivity contribution in [3.05, 3.63) is 17.9 Å². The van der Waals surface area contributed by atoms with Gasteiger partial charge in [0, 0.05) is 10.7 Å². The highest BCUT2D eigenvalue weighted by Crippen LogP contribution is 2.43. The zero-order chi connectivity index (χ0) is 19.2. The van der Waals surface area contributed by atoms with E-state index in [1.54, 1.807) is 90.4 Å². The zero-order valence-electron chi connectivity index (χ0n) is 10.4. The Balaban J connectivity index is 3.60. The second-order valence-electron chi connectivity index (χ2n) is 3.98. The number of hydrogen-bond acceptors (Lipinski definition) is 3. The first kappa shape index (κ1) is 24.3. The summed E-state index contributed by atoms with van der Waals surface area (Å²) in [5.74, 6) is -0.531. The maximum absolute atomic E-state index is 13.6. The fourth-order valence-corrected chi connectivity index (χ4v) is 6.69. The Hall–Kier alpha value is 2.23. The third-order valence-electron chi connectivity index (χ3n) is 2.35. The van der Waals surface area contributed by atoms with Crippen LogP contribution in [0.2, 0.25) is 0 Å². The normalized spacial score (nSPS) is 14.6. The summed E-state index contributed by atoms with van der Waals surface area (Å²) < 4.78 is 102. The Kier molecular flexibility index (Phi) is 8.40.